The molecular weight excluding hydrogens is 318 g/mol. The molecule has 0 amide bonds. The second-order valence-corrected chi connectivity index (χ2v) is 5.50. The van der Waals surface area contributed by atoms with Crippen LogP contribution in [0.2, 0.25) is 0 Å². The summed E-state index contributed by atoms with van der Waals surface area (Å²) in [5.74, 6) is 1.77. The summed E-state index contributed by atoms with van der Waals surface area (Å²) in [6, 6.07) is 6.08. The lowest BCUT2D eigenvalue weighted by Crippen LogP contribution is -2.38. The highest BCUT2D eigenvalue weighted by atomic mass is 79.9. The minimum atomic E-state index is 0.742. The van der Waals surface area contributed by atoms with E-state index in [-0.39, 0.29) is 0 Å². The molecule has 0 aliphatic heterocycles. The van der Waals surface area contributed by atoms with Gasteiger partial charge in [0.25, 0.3) is 0 Å². The van der Waals surface area contributed by atoms with Gasteiger partial charge < -0.3 is 15.0 Å². The molecule has 5 heteroatoms. The van der Waals surface area contributed by atoms with Crippen LogP contribution in [-0.2, 0) is 6.54 Å². The van der Waals surface area contributed by atoms with Gasteiger partial charge in [-0.25, -0.2) is 0 Å². The Morgan fingerprint density at radius 2 is 2.20 bits per heavy atom. The van der Waals surface area contributed by atoms with E-state index in [1.807, 2.05) is 13.1 Å². The second kappa shape index (κ2) is 8.84. The lowest BCUT2D eigenvalue weighted by molar-refractivity contribution is 0.412. The van der Waals surface area contributed by atoms with Gasteiger partial charge in [-0.15, -0.1) is 0 Å². The number of benzene rings is 1. The molecule has 1 rings (SSSR count). The molecule has 0 atom stereocenters. The number of nitrogens with zero attached hydrogens (tertiary/aromatic N) is 2. The number of ether oxygens (including phenoxy) is 1. The number of hydrogen-bond acceptors (Lipinski definition) is 2. The average Bonchev–Trinajstić information content (AvgIpc) is 2.45. The highest BCUT2D eigenvalue weighted by molar-refractivity contribution is 9.10. The normalized spacial score (nSPS) is 11.3. The van der Waals surface area contributed by atoms with Crippen molar-refractivity contribution in [2.45, 2.75) is 26.3 Å². The number of guanidine groups is 1. The molecule has 0 heterocycles. The molecular formula is C15H24BrN3O. The Morgan fingerprint density at radius 1 is 1.45 bits per heavy atom. The summed E-state index contributed by atoms with van der Waals surface area (Å²) in [5.41, 5.74) is 1.18. The number of nitrogens with one attached hydrogen (secondary N) is 1. The summed E-state index contributed by atoms with van der Waals surface area (Å²) in [6.45, 7) is 3.95. The summed E-state index contributed by atoms with van der Waals surface area (Å²) in [5, 5.41) is 3.37. The molecule has 1 aromatic rings. The Labute approximate surface area is 130 Å². The number of rotatable bonds is 6. The minimum absolute atomic E-state index is 0.742. The van der Waals surface area contributed by atoms with Crippen molar-refractivity contribution in [3.63, 3.8) is 0 Å². The van der Waals surface area contributed by atoms with Gasteiger partial charge in [-0.2, -0.15) is 0 Å². The largest absolute Gasteiger partial charge is 0.496 e. The first-order valence-electron chi connectivity index (χ1n) is 6.86. The fraction of sp³-hybridized carbons (Fsp3) is 0.533. The Balaban J connectivity index is 2.58. The third-order valence-electron chi connectivity index (χ3n) is 3.09. The Morgan fingerprint density at radius 3 is 2.75 bits per heavy atom. The van der Waals surface area contributed by atoms with E-state index in [1.54, 1.807) is 7.11 Å². The molecule has 112 valence electrons. The zero-order valence-corrected chi connectivity index (χ0v) is 14.3. The summed E-state index contributed by atoms with van der Waals surface area (Å²) in [7, 11) is 5.55. The fourth-order valence-corrected chi connectivity index (χ4v) is 2.47. The topological polar surface area (TPSA) is 36.9 Å². The molecule has 20 heavy (non-hydrogen) atoms. The van der Waals surface area contributed by atoms with Gasteiger partial charge in [0.2, 0.25) is 0 Å². The van der Waals surface area contributed by atoms with Crippen molar-refractivity contribution in [1.82, 2.24) is 10.2 Å². The third-order valence-corrected chi connectivity index (χ3v) is 3.71. The van der Waals surface area contributed by atoms with E-state index in [1.165, 1.54) is 18.4 Å². The highest BCUT2D eigenvalue weighted by Gasteiger charge is 2.06. The van der Waals surface area contributed by atoms with Gasteiger partial charge >= 0.3 is 0 Å². The van der Waals surface area contributed by atoms with Crippen molar-refractivity contribution in [3.8, 4) is 5.75 Å². The van der Waals surface area contributed by atoms with Gasteiger partial charge in [-0.1, -0.05) is 19.4 Å². The summed E-state index contributed by atoms with van der Waals surface area (Å²) in [6.07, 6.45) is 2.36. The van der Waals surface area contributed by atoms with Crippen molar-refractivity contribution >= 4 is 21.9 Å². The van der Waals surface area contributed by atoms with Crippen LogP contribution >= 0.6 is 15.9 Å². The van der Waals surface area contributed by atoms with E-state index >= 15 is 0 Å². The maximum Gasteiger partial charge on any atom is 0.193 e. The van der Waals surface area contributed by atoms with Crippen molar-refractivity contribution in [2.75, 3.05) is 27.7 Å². The number of unbranched alkanes of at least 4 members (excludes halogenated alkanes) is 1. The Bertz CT molecular complexity index is 449. The molecule has 1 aromatic carbocycles. The predicted octanol–water partition coefficient (Wildman–Crippen LogP) is 3.27. The molecule has 0 aliphatic carbocycles. The van der Waals surface area contributed by atoms with Crippen LogP contribution in [0.5, 0.6) is 5.75 Å². The number of aliphatic imine (C=N–C) groups is 1. The Kier molecular flexibility index (Phi) is 7.44. The quantitative estimate of drug-likeness (QED) is 0.637. The summed E-state index contributed by atoms with van der Waals surface area (Å²) < 4.78 is 6.20. The molecule has 0 fully saturated rings. The van der Waals surface area contributed by atoms with E-state index in [0.29, 0.717) is 0 Å². The van der Waals surface area contributed by atoms with Crippen LogP contribution in [0.4, 0.5) is 0 Å². The van der Waals surface area contributed by atoms with Gasteiger partial charge in [0.05, 0.1) is 11.6 Å². The maximum atomic E-state index is 5.23. The van der Waals surface area contributed by atoms with Gasteiger partial charge in [0, 0.05) is 27.2 Å². The van der Waals surface area contributed by atoms with Crippen molar-refractivity contribution in [3.05, 3.63) is 28.2 Å². The van der Waals surface area contributed by atoms with E-state index in [2.05, 4.69) is 57.2 Å². The zero-order chi connectivity index (χ0) is 15.0. The van der Waals surface area contributed by atoms with E-state index < -0.39 is 0 Å². The van der Waals surface area contributed by atoms with Crippen LogP contribution in [-0.4, -0.2) is 38.6 Å². The lowest BCUT2D eigenvalue weighted by atomic mass is 10.2. The molecule has 1 N–H and O–H groups in total. The lowest BCUT2D eigenvalue weighted by Gasteiger charge is -2.22. The highest BCUT2D eigenvalue weighted by Crippen LogP contribution is 2.25. The first-order chi connectivity index (χ1) is 9.62. The predicted molar refractivity (Wildman–Crippen MR) is 88.4 cm³/mol. The molecule has 0 bridgehead atoms. The third kappa shape index (κ3) is 5.04. The van der Waals surface area contributed by atoms with Crippen LogP contribution in [0.25, 0.3) is 0 Å². The zero-order valence-electron chi connectivity index (χ0n) is 12.7. The molecule has 0 aliphatic rings. The maximum absolute atomic E-state index is 5.23. The van der Waals surface area contributed by atoms with Crippen LogP contribution in [0.1, 0.15) is 25.3 Å². The first-order valence-corrected chi connectivity index (χ1v) is 7.65. The summed E-state index contributed by atoms with van der Waals surface area (Å²) >= 11 is 3.50. The number of halogens is 1. The van der Waals surface area contributed by atoms with Crippen molar-refractivity contribution in [1.29, 1.82) is 0 Å². The smallest absolute Gasteiger partial charge is 0.193 e. The molecule has 0 radical (unpaired) electrons. The average molecular weight is 342 g/mol. The standard InChI is InChI=1S/C15H24BrN3O/c1-5-6-9-19(3)15(17-2)18-11-12-7-8-14(20-4)13(16)10-12/h7-8,10H,5-6,9,11H2,1-4H3,(H,17,18). The van der Waals surface area contributed by atoms with E-state index in [9.17, 15) is 0 Å². The number of hydrogen-bond donors (Lipinski definition) is 1. The molecule has 4 nitrogen and oxygen atoms in total. The van der Waals surface area contributed by atoms with Crippen LogP contribution in [0.15, 0.2) is 27.7 Å². The molecule has 0 spiro atoms. The van der Waals surface area contributed by atoms with Crippen molar-refractivity contribution in [2.24, 2.45) is 4.99 Å². The second-order valence-electron chi connectivity index (χ2n) is 4.64. The minimum Gasteiger partial charge on any atom is -0.496 e. The van der Waals surface area contributed by atoms with Gasteiger partial charge in [0.1, 0.15) is 5.75 Å². The fourth-order valence-electron chi connectivity index (χ4n) is 1.89. The monoisotopic (exact) mass is 341 g/mol. The molecule has 0 aromatic heterocycles. The van der Waals surface area contributed by atoms with Crippen LogP contribution in [0.3, 0.4) is 0 Å². The van der Waals surface area contributed by atoms with Crippen molar-refractivity contribution < 1.29 is 4.74 Å². The van der Waals surface area contributed by atoms with Crippen LogP contribution in [0, 0.1) is 0 Å². The Hall–Kier alpha value is -1.23. The SMILES string of the molecule is CCCCN(C)C(=NC)NCc1ccc(OC)c(Br)c1. The molecule has 0 saturated carbocycles. The van der Waals surface area contributed by atoms with E-state index in [4.69, 9.17) is 4.74 Å². The molecule has 0 unspecified atom stereocenters. The summed E-state index contributed by atoms with van der Waals surface area (Å²) in [4.78, 5) is 6.46. The van der Waals surface area contributed by atoms with Gasteiger partial charge in [-0.3, -0.25) is 4.99 Å². The first kappa shape index (κ1) is 16.8. The van der Waals surface area contributed by atoms with Gasteiger partial charge in [-0.05, 0) is 40.0 Å². The van der Waals surface area contributed by atoms with Gasteiger partial charge in [0.15, 0.2) is 5.96 Å². The number of methoxy groups -OCH3 is 1. The van der Waals surface area contributed by atoms with Crippen LogP contribution < -0.4 is 10.1 Å². The molecule has 0 saturated heterocycles. The van der Waals surface area contributed by atoms with E-state index in [0.717, 1.165) is 29.3 Å².